The molecule has 1 aliphatic heterocycles. The molecule has 0 bridgehead atoms. The zero-order valence-electron chi connectivity index (χ0n) is 16.3. The molecule has 0 spiro atoms. The second-order valence-electron chi connectivity index (χ2n) is 6.41. The first-order chi connectivity index (χ1) is 12.9. The lowest BCUT2D eigenvalue weighted by Gasteiger charge is -2.24. The predicted molar refractivity (Wildman–Crippen MR) is 114 cm³/mol. The topological polar surface area (TPSA) is 61.8 Å². The zero-order valence-corrected chi connectivity index (χ0v) is 18.6. The average Bonchev–Trinajstić information content (AvgIpc) is 3.10. The van der Waals surface area contributed by atoms with Gasteiger partial charge in [0.1, 0.15) is 0 Å². The van der Waals surface area contributed by atoms with Crippen molar-refractivity contribution in [1.82, 2.24) is 20.5 Å². The van der Waals surface area contributed by atoms with Gasteiger partial charge in [-0.25, -0.2) is 9.98 Å². The number of hydrogen-bond donors (Lipinski definition) is 2. The molecule has 160 valence electrons. The molecule has 1 atom stereocenters. The first-order valence-electron chi connectivity index (χ1n) is 9.32. The van der Waals surface area contributed by atoms with E-state index in [4.69, 9.17) is 0 Å². The lowest BCUT2D eigenvalue weighted by atomic mass is 10.2. The minimum Gasteiger partial charge on any atom is -0.468 e. The second-order valence-corrected chi connectivity index (χ2v) is 6.41. The molecule has 28 heavy (non-hydrogen) atoms. The van der Waals surface area contributed by atoms with E-state index in [1.807, 2.05) is 6.92 Å². The Kier molecular flexibility index (Phi) is 10.9. The van der Waals surface area contributed by atoms with Crippen molar-refractivity contribution in [3.63, 3.8) is 0 Å². The van der Waals surface area contributed by atoms with Gasteiger partial charge >= 0.3 is 6.18 Å². The molecule has 2 N–H and O–H groups in total. The van der Waals surface area contributed by atoms with Crippen LogP contribution in [0.1, 0.15) is 32.3 Å². The lowest BCUT2D eigenvalue weighted by Crippen LogP contribution is -2.44. The lowest BCUT2D eigenvalue weighted by molar-refractivity contribution is -0.154. The Morgan fingerprint density at radius 3 is 2.71 bits per heavy atom. The fourth-order valence-corrected chi connectivity index (χ4v) is 3.01. The van der Waals surface area contributed by atoms with E-state index in [1.165, 1.54) is 25.1 Å². The van der Waals surface area contributed by atoms with Gasteiger partial charge in [0, 0.05) is 31.4 Å². The number of aliphatic imine (C=N–C) groups is 1. The van der Waals surface area contributed by atoms with Crippen molar-refractivity contribution < 1.29 is 17.9 Å². The maximum absolute atomic E-state index is 12.1. The molecular formula is C18H29F3IN5O. The monoisotopic (exact) mass is 515 g/mol. The van der Waals surface area contributed by atoms with Crippen LogP contribution in [0.5, 0.6) is 5.88 Å². The second kappa shape index (κ2) is 12.3. The molecule has 1 fully saturated rings. The van der Waals surface area contributed by atoms with Gasteiger partial charge in [-0.3, -0.25) is 4.90 Å². The van der Waals surface area contributed by atoms with Crippen LogP contribution in [0.25, 0.3) is 0 Å². The Morgan fingerprint density at radius 1 is 1.32 bits per heavy atom. The van der Waals surface area contributed by atoms with Crippen LogP contribution >= 0.6 is 24.0 Å². The molecule has 1 aliphatic rings. The first kappa shape index (κ1) is 24.7. The molecule has 0 amide bonds. The van der Waals surface area contributed by atoms with Crippen molar-refractivity contribution in [2.24, 2.45) is 4.99 Å². The standard InChI is InChI=1S/C18H28F3N5O.HI/c1-3-22-17(25-12-15-6-5-9-26(15)4-2)24-11-14-7-8-16(23-10-14)27-13-18(19,20)21;/h7-8,10,15H,3-6,9,11-13H2,1-2H3,(H2,22,24,25);1H. The number of likely N-dealkylation sites (tertiary alicyclic amines) is 1. The van der Waals surface area contributed by atoms with Crippen molar-refractivity contribution in [2.75, 3.05) is 32.8 Å². The molecule has 1 aromatic heterocycles. The summed E-state index contributed by atoms with van der Waals surface area (Å²) in [6.07, 6.45) is -0.482. The number of aromatic nitrogens is 1. The molecule has 1 unspecified atom stereocenters. The predicted octanol–water partition coefficient (Wildman–Crippen LogP) is 3.18. The van der Waals surface area contributed by atoms with Gasteiger partial charge in [-0.15, -0.1) is 24.0 Å². The highest BCUT2D eigenvalue weighted by Gasteiger charge is 2.28. The highest BCUT2D eigenvalue weighted by Crippen LogP contribution is 2.17. The van der Waals surface area contributed by atoms with Crippen molar-refractivity contribution >= 4 is 29.9 Å². The molecule has 0 radical (unpaired) electrons. The maximum Gasteiger partial charge on any atom is 0.422 e. The average molecular weight is 515 g/mol. The third kappa shape index (κ3) is 8.80. The molecular weight excluding hydrogens is 486 g/mol. The fourth-order valence-electron chi connectivity index (χ4n) is 3.01. The summed E-state index contributed by atoms with van der Waals surface area (Å²) in [5, 5.41) is 6.58. The summed E-state index contributed by atoms with van der Waals surface area (Å²) in [6.45, 7) is 6.98. The van der Waals surface area contributed by atoms with Crippen molar-refractivity contribution in [2.45, 2.75) is 45.5 Å². The van der Waals surface area contributed by atoms with Gasteiger partial charge in [-0.1, -0.05) is 13.0 Å². The van der Waals surface area contributed by atoms with Gasteiger partial charge in [0.05, 0.1) is 6.54 Å². The molecule has 2 rings (SSSR count). The Morgan fingerprint density at radius 2 is 2.11 bits per heavy atom. The van der Waals surface area contributed by atoms with Crippen LogP contribution in [-0.2, 0) is 6.54 Å². The van der Waals surface area contributed by atoms with Crippen LogP contribution in [0.2, 0.25) is 0 Å². The van der Waals surface area contributed by atoms with Gasteiger partial charge in [-0.2, -0.15) is 13.2 Å². The van der Waals surface area contributed by atoms with E-state index in [1.54, 1.807) is 6.07 Å². The quantitative estimate of drug-likeness (QED) is 0.317. The number of ether oxygens (including phenoxy) is 1. The van der Waals surface area contributed by atoms with Crippen LogP contribution in [0.4, 0.5) is 13.2 Å². The summed E-state index contributed by atoms with van der Waals surface area (Å²) in [6, 6.07) is 3.61. The number of rotatable bonds is 8. The molecule has 0 aromatic carbocycles. The van der Waals surface area contributed by atoms with E-state index in [2.05, 4.69) is 37.2 Å². The van der Waals surface area contributed by atoms with E-state index in [0.717, 1.165) is 37.7 Å². The highest BCUT2D eigenvalue weighted by molar-refractivity contribution is 14.0. The van der Waals surface area contributed by atoms with E-state index >= 15 is 0 Å². The first-order valence-corrected chi connectivity index (χ1v) is 9.32. The molecule has 2 heterocycles. The summed E-state index contributed by atoms with van der Waals surface area (Å²) in [7, 11) is 0. The minimum absolute atomic E-state index is 0. The van der Waals surface area contributed by atoms with Crippen molar-refractivity contribution in [3.05, 3.63) is 23.9 Å². The van der Waals surface area contributed by atoms with E-state index < -0.39 is 12.8 Å². The molecule has 6 nitrogen and oxygen atoms in total. The largest absolute Gasteiger partial charge is 0.468 e. The SMILES string of the molecule is CCNC(=NCc1ccc(OCC(F)(F)F)nc1)NCC1CCCN1CC.I. The Labute approximate surface area is 181 Å². The molecule has 10 heteroatoms. The van der Waals surface area contributed by atoms with Crippen LogP contribution < -0.4 is 15.4 Å². The Balaban J connectivity index is 0.00000392. The number of halogens is 4. The number of likely N-dealkylation sites (N-methyl/N-ethyl adjacent to an activating group) is 1. The molecule has 1 saturated heterocycles. The number of hydrogen-bond acceptors (Lipinski definition) is 4. The summed E-state index contributed by atoms with van der Waals surface area (Å²) in [5.74, 6) is 0.670. The van der Waals surface area contributed by atoms with Crippen molar-refractivity contribution in [3.8, 4) is 5.88 Å². The summed E-state index contributed by atoms with van der Waals surface area (Å²) in [5.41, 5.74) is 0.794. The zero-order chi connectivity index (χ0) is 19.7. The minimum atomic E-state index is -4.37. The van der Waals surface area contributed by atoms with Crippen LogP contribution in [0, 0.1) is 0 Å². The van der Waals surface area contributed by atoms with Crippen LogP contribution in [0.15, 0.2) is 23.3 Å². The van der Waals surface area contributed by atoms with Gasteiger partial charge in [0.2, 0.25) is 5.88 Å². The van der Waals surface area contributed by atoms with Crippen LogP contribution in [-0.4, -0.2) is 60.8 Å². The number of nitrogens with zero attached hydrogens (tertiary/aromatic N) is 3. The Bertz CT molecular complexity index is 598. The Hall–Kier alpha value is -1.30. The number of pyridine rings is 1. The third-order valence-corrected chi connectivity index (χ3v) is 4.36. The molecule has 0 saturated carbocycles. The van der Waals surface area contributed by atoms with Gasteiger partial charge < -0.3 is 15.4 Å². The molecule has 1 aromatic rings. The van der Waals surface area contributed by atoms with Gasteiger partial charge in [-0.05, 0) is 38.4 Å². The summed E-state index contributed by atoms with van der Waals surface area (Å²) < 4.78 is 41.0. The normalized spacial score (nSPS) is 17.9. The number of guanidine groups is 1. The van der Waals surface area contributed by atoms with Gasteiger partial charge in [0.25, 0.3) is 0 Å². The van der Waals surface area contributed by atoms with Crippen LogP contribution in [0.3, 0.4) is 0 Å². The van der Waals surface area contributed by atoms with Gasteiger partial charge in [0.15, 0.2) is 12.6 Å². The van der Waals surface area contributed by atoms with E-state index in [-0.39, 0.29) is 29.9 Å². The highest BCUT2D eigenvalue weighted by atomic mass is 127. The number of alkyl halides is 3. The number of nitrogens with one attached hydrogen (secondary N) is 2. The maximum atomic E-state index is 12.1. The smallest absolute Gasteiger partial charge is 0.422 e. The molecule has 0 aliphatic carbocycles. The van der Waals surface area contributed by atoms with E-state index in [0.29, 0.717) is 12.6 Å². The van der Waals surface area contributed by atoms with Crippen molar-refractivity contribution in [1.29, 1.82) is 0 Å². The summed E-state index contributed by atoms with van der Waals surface area (Å²) in [4.78, 5) is 10.9. The summed E-state index contributed by atoms with van der Waals surface area (Å²) >= 11 is 0. The fraction of sp³-hybridized carbons (Fsp3) is 0.667. The van der Waals surface area contributed by atoms with E-state index in [9.17, 15) is 13.2 Å². The third-order valence-electron chi connectivity index (χ3n) is 4.36.